The van der Waals surface area contributed by atoms with Gasteiger partial charge in [-0.15, -0.1) is 0 Å². The van der Waals surface area contributed by atoms with Gasteiger partial charge in [0.2, 0.25) is 0 Å². The van der Waals surface area contributed by atoms with Gasteiger partial charge in [-0.1, -0.05) is 41.9 Å². The van der Waals surface area contributed by atoms with Crippen LogP contribution in [0.25, 0.3) is 0 Å². The molecular weight excluding hydrogens is 258 g/mol. The smallest absolute Gasteiger partial charge is 0.122 e. The second-order valence-electron chi connectivity index (χ2n) is 4.42. The number of aldehydes is 1. The van der Waals surface area contributed by atoms with Crippen molar-refractivity contribution in [2.45, 2.75) is 12.5 Å². The molecule has 98 valence electrons. The number of benzene rings is 2. The van der Waals surface area contributed by atoms with Crippen LogP contribution in [-0.2, 0) is 4.79 Å². The Balaban J connectivity index is 2.28. The first kappa shape index (κ1) is 13.6. The summed E-state index contributed by atoms with van der Waals surface area (Å²) in [6, 6.07) is 17.7. The molecular formula is C16H16ClNO. The van der Waals surface area contributed by atoms with Crippen molar-refractivity contribution >= 4 is 23.6 Å². The van der Waals surface area contributed by atoms with E-state index in [-0.39, 0.29) is 6.04 Å². The molecule has 0 saturated heterocycles. The molecule has 0 aliphatic rings. The maximum Gasteiger partial charge on any atom is 0.122 e. The second-order valence-corrected chi connectivity index (χ2v) is 4.85. The fraction of sp³-hybridized carbons (Fsp3) is 0.188. The first-order chi connectivity index (χ1) is 9.22. The lowest BCUT2D eigenvalue weighted by Crippen LogP contribution is -2.24. The molecule has 0 aliphatic carbocycles. The van der Waals surface area contributed by atoms with Crippen LogP contribution in [0.4, 0.5) is 5.69 Å². The Kier molecular flexibility index (Phi) is 4.58. The van der Waals surface area contributed by atoms with Crippen molar-refractivity contribution in [2.75, 3.05) is 11.9 Å². The quantitative estimate of drug-likeness (QED) is 0.764. The molecule has 0 spiro atoms. The molecule has 2 rings (SSSR count). The first-order valence-corrected chi connectivity index (χ1v) is 6.57. The molecule has 2 aromatic rings. The Morgan fingerprint density at radius 1 is 1.11 bits per heavy atom. The van der Waals surface area contributed by atoms with Gasteiger partial charge in [-0.05, 0) is 29.8 Å². The normalized spacial score (nSPS) is 11.9. The van der Waals surface area contributed by atoms with Crippen LogP contribution in [-0.4, -0.2) is 13.3 Å². The van der Waals surface area contributed by atoms with E-state index in [1.165, 1.54) is 0 Å². The summed E-state index contributed by atoms with van der Waals surface area (Å²) < 4.78 is 0. The minimum absolute atomic E-state index is 0.0416. The average Bonchev–Trinajstić information content (AvgIpc) is 2.46. The number of halogens is 1. The monoisotopic (exact) mass is 273 g/mol. The van der Waals surface area contributed by atoms with Crippen molar-refractivity contribution in [2.24, 2.45) is 0 Å². The molecule has 0 bridgehead atoms. The van der Waals surface area contributed by atoms with Crippen LogP contribution in [0.3, 0.4) is 0 Å². The van der Waals surface area contributed by atoms with E-state index in [0.29, 0.717) is 11.4 Å². The molecule has 0 N–H and O–H groups in total. The Hall–Kier alpha value is -1.80. The maximum absolute atomic E-state index is 10.9. The third-order valence-electron chi connectivity index (χ3n) is 3.21. The van der Waals surface area contributed by atoms with Gasteiger partial charge >= 0.3 is 0 Å². The number of carbonyl (C=O) groups is 1. The standard InChI is InChI=1S/C16H16ClNO/c1-18(15-9-7-14(17)8-10-15)16(11-12-19)13-5-3-2-4-6-13/h2-10,12,16H,11H2,1H3. The summed E-state index contributed by atoms with van der Waals surface area (Å²) in [6.07, 6.45) is 1.42. The van der Waals surface area contributed by atoms with Crippen LogP contribution in [0.2, 0.25) is 5.02 Å². The predicted molar refractivity (Wildman–Crippen MR) is 79.7 cm³/mol. The molecule has 1 atom stereocenters. The SMILES string of the molecule is CN(c1ccc(Cl)cc1)C(CC=O)c1ccccc1. The van der Waals surface area contributed by atoms with Crippen LogP contribution in [0.15, 0.2) is 54.6 Å². The highest BCUT2D eigenvalue weighted by Gasteiger charge is 2.16. The largest absolute Gasteiger partial charge is 0.367 e. The van der Waals surface area contributed by atoms with Gasteiger partial charge in [-0.3, -0.25) is 0 Å². The maximum atomic E-state index is 10.9. The van der Waals surface area contributed by atoms with E-state index in [0.717, 1.165) is 17.5 Å². The number of hydrogen-bond donors (Lipinski definition) is 0. The zero-order valence-corrected chi connectivity index (χ0v) is 11.5. The van der Waals surface area contributed by atoms with Crippen molar-refractivity contribution in [1.29, 1.82) is 0 Å². The third-order valence-corrected chi connectivity index (χ3v) is 3.46. The summed E-state index contributed by atoms with van der Waals surface area (Å²) in [7, 11) is 1.99. The molecule has 0 radical (unpaired) electrons. The Morgan fingerprint density at radius 2 is 1.74 bits per heavy atom. The molecule has 2 nitrogen and oxygen atoms in total. The third kappa shape index (κ3) is 3.36. The van der Waals surface area contributed by atoms with E-state index in [9.17, 15) is 4.79 Å². The summed E-state index contributed by atoms with van der Waals surface area (Å²) in [5.74, 6) is 0. The lowest BCUT2D eigenvalue weighted by Gasteiger charge is -2.29. The van der Waals surface area contributed by atoms with Gasteiger partial charge in [0.05, 0.1) is 6.04 Å². The topological polar surface area (TPSA) is 20.3 Å². The van der Waals surface area contributed by atoms with Crippen LogP contribution >= 0.6 is 11.6 Å². The molecule has 0 heterocycles. The summed E-state index contributed by atoms with van der Waals surface area (Å²) >= 11 is 5.90. The number of nitrogens with zero attached hydrogens (tertiary/aromatic N) is 1. The van der Waals surface area contributed by atoms with Crippen LogP contribution in [0.5, 0.6) is 0 Å². The van der Waals surface area contributed by atoms with E-state index in [1.54, 1.807) is 0 Å². The van der Waals surface area contributed by atoms with E-state index >= 15 is 0 Å². The van der Waals surface area contributed by atoms with Crippen LogP contribution in [0.1, 0.15) is 18.0 Å². The van der Waals surface area contributed by atoms with Gasteiger partial charge in [-0.2, -0.15) is 0 Å². The van der Waals surface area contributed by atoms with Crippen molar-refractivity contribution in [3.05, 3.63) is 65.2 Å². The first-order valence-electron chi connectivity index (χ1n) is 6.19. The summed E-state index contributed by atoms with van der Waals surface area (Å²) in [4.78, 5) is 13.0. The summed E-state index contributed by atoms with van der Waals surface area (Å²) in [5, 5.41) is 0.712. The van der Waals surface area contributed by atoms with Gasteiger partial charge in [0.1, 0.15) is 6.29 Å². The molecule has 19 heavy (non-hydrogen) atoms. The summed E-state index contributed by atoms with van der Waals surface area (Å²) in [5.41, 5.74) is 2.17. The van der Waals surface area contributed by atoms with Crippen molar-refractivity contribution in [3.63, 3.8) is 0 Å². The number of anilines is 1. The Labute approximate surface area is 118 Å². The van der Waals surface area contributed by atoms with Gasteiger partial charge < -0.3 is 9.69 Å². The molecule has 0 aliphatic heterocycles. The van der Waals surface area contributed by atoms with Crippen molar-refractivity contribution < 1.29 is 4.79 Å². The lowest BCUT2D eigenvalue weighted by atomic mass is 10.0. The fourth-order valence-electron chi connectivity index (χ4n) is 2.14. The van der Waals surface area contributed by atoms with Crippen molar-refractivity contribution in [1.82, 2.24) is 0 Å². The highest BCUT2D eigenvalue weighted by atomic mass is 35.5. The van der Waals surface area contributed by atoms with Gasteiger partial charge in [0.15, 0.2) is 0 Å². The molecule has 2 aromatic carbocycles. The summed E-state index contributed by atoms with van der Waals surface area (Å²) in [6.45, 7) is 0. The average molecular weight is 274 g/mol. The molecule has 0 saturated carbocycles. The fourth-order valence-corrected chi connectivity index (χ4v) is 2.27. The molecule has 1 unspecified atom stereocenters. The number of hydrogen-bond acceptors (Lipinski definition) is 2. The predicted octanol–water partition coefficient (Wildman–Crippen LogP) is 4.11. The zero-order chi connectivity index (χ0) is 13.7. The molecule has 0 fully saturated rings. The van der Waals surface area contributed by atoms with E-state index in [1.807, 2.05) is 61.6 Å². The van der Waals surface area contributed by atoms with Crippen LogP contribution < -0.4 is 4.90 Å². The van der Waals surface area contributed by atoms with Crippen molar-refractivity contribution in [3.8, 4) is 0 Å². The minimum Gasteiger partial charge on any atom is -0.367 e. The van der Waals surface area contributed by atoms with Crippen LogP contribution in [0, 0.1) is 0 Å². The second kappa shape index (κ2) is 6.39. The minimum atomic E-state index is 0.0416. The van der Waals surface area contributed by atoms with E-state index < -0.39 is 0 Å². The number of rotatable bonds is 5. The molecule has 0 amide bonds. The molecule has 0 aromatic heterocycles. The van der Waals surface area contributed by atoms with E-state index in [4.69, 9.17) is 11.6 Å². The van der Waals surface area contributed by atoms with Gasteiger partial charge in [0, 0.05) is 24.2 Å². The highest BCUT2D eigenvalue weighted by Crippen LogP contribution is 2.28. The van der Waals surface area contributed by atoms with Gasteiger partial charge in [0.25, 0.3) is 0 Å². The highest BCUT2D eigenvalue weighted by molar-refractivity contribution is 6.30. The Bertz CT molecular complexity index is 524. The molecule has 3 heteroatoms. The van der Waals surface area contributed by atoms with Gasteiger partial charge in [-0.25, -0.2) is 0 Å². The zero-order valence-electron chi connectivity index (χ0n) is 10.8. The lowest BCUT2D eigenvalue weighted by molar-refractivity contribution is -0.108. The van der Waals surface area contributed by atoms with E-state index in [2.05, 4.69) is 4.90 Å². The number of carbonyl (C=O) groups excluding carboxylic acids is 1. The Morgan fingerprint density at radius 3 is 2.32 bits per heavy atom.